The number of nitrogens with two attached hydrogens (primary N) is 1. The number of hydrogen-bond donors (Lipinski definition) is 3. The van der Waals surface area contributed by atoms with Gasteiger partial charge in [0.2, 0.25) is 0 Å². The molecule has 1 atom stereocenters. The normalized spacial score (nSPS) is 12.1. The lowest BCUT2D eigenvalue weighted by atomic mass is 10.0. The molecule has 0 aliphatic rings. The number of ether oxygens (including phenoxy) is 1. The van der Waals surface area contributed by atoms with E-state index in [2.05, 4.69) is 15.0 Å². The maximum absolute atomic E-state index is 8.40. The minimum Gasteiger partial charge on any atom is -0.497 e. The third-order valence-corrected chi connectivity index (χ3v) is 3.42. The molecule has 0 aliphatic carbocycles. The van der Waals surface area contributed by atoms with E-state index in [0.29, 0.717) is 34.9 Å². The van der Waals surface area contributed by atoms with Crippen LogP contribution in [-0.2, 0) is 0 Å². The summed E-state index contributed by atoms with van der Waals surface area (Å²) in [6.07, 6.45) is 6.00. The highest BCUT2D eigenvalue weighted by Crippen LogP contribution is 2.21. The molecule has 0 aromatic carbocycles. The second kappa shape index (κ2) is 7.96. The van der Waals surface area contributed by atoms with Gasteiger partial charge in [0, 0.05) is 36.8 Å². The minimum absolute atomic E-state index is 0.172. The van der Waals surface area contributed by atoms with Gasteiger partial charge in [-0.15, -0.1) is 0 Å². The summed E-state index contributed by atoms with van der Waals surface area (Å²) in [6.45, 7) is 2.55. The molecule has 2 heterocycles. The van der Waals surface area contributed by atoms with Crippen LogP contribution in [0.5, 0.6) is 5.75 Å². The number of aliphatic imine (C=N–C) groups is 1. The quantitative estimate of drug-likeness (QED) is 0.676. The first-order valence-electron chi connectivity index (χ1n) is 7.46. The van der Waals surface area contributed by atoms with Crippen molar-refractivity contribution in [3.8, 4) is 5.75 Å². The highest BCUT2D eigenvalue weighted by atomic mass is 16.5. The minimum atomic E-state index is -0.352. The van der Waals surface area contributed by atoms with Gasteiger partial charge < -0.3 is 15.9 Å². The third kappa shape index (κ3) is 3.81. The second-order valence-corrected chi connectivity index (χ2v) is 4.99. The zero-order valence-electron chi connectivity index (χ0n) is 13.7. The van der Waals surface area contributed by atoms with Gasteiger partial charge in [0.25, 0.3) is 0 Å². The van der Waals surface area contributed by atoms with Gasteiger partial charge in [0.1, 0.15) is 5.75 Å². The summed E-state index contributed by atoms with van der Waals surface area (Å²) in [5.74, 6) is 0.264. The molecule has 0 radical (unpaired) electrons. The van der Waals surface area contributed by atoms with E-state index in [-0.39, 0.29) is 11.6 Å². The van der Waals surface area contributed by atoms with Crippen LogP contribution in [0.3, 0.4) is 0 Å². The molecular weight excluding hydrogens is 304 g/mol. The molecule has 7 nitrogen and oxygen atoms in total. The molecule has 2 aromatic heterocycles. The molecule has 124 valence electrons. The Morgan fingerprint density at radius 3 is 2.88 bits per heavy atom. The summed E-state index contributed by atoms with van der Waals surface area (Å²) in [5.41, 5.74) is 8.11. The van der Waals surface area contributed by atoms with Crippen molar-refractivity contribution in [2.24, 2.45) is 4.99 Å². The van der Waals surface area contributed by atoms with Crippen LogP contribution in [0, 0.1) is 10.8 Å². The first-order valence-corrected chi connectivity index (χ1v) is 7.46. The van der Waals surface area contributed by atoms with Crippen LogP contribution in [0.25, 0.3) is 0 Å². The lowest BCUT2D eigenvalue weighted by molar-refractivity contribution is 0.414. The molecule has 2 rings (SSSR count). The summed E-state index contributed by atoms with van der Waals surface area (Å²) in [7, 11) is 1.56. The number of nitrogens with one attached hydrogen (secondary N) is 2. The molecule has 1 unspecified atom stereocenters. The summed E-state index contributed by atoms with van der Waals surface area (Å²) in [4.78, 5) is 12.6. The Kier molecular flexibility index (Phi) is 5.73. The Morgan fingerprint density at radius 2 is 2.21 bits per heavy atom. The molecular formula is C17H20N6O. The second-order valence-electron chi connectivity index (χ2n) is 4.99. The van der Waals surface area contributed by atoms with Crippen molar-refractivity contribution in [3.63, 3.8) is 0 Å². The molecule has 0 saturated heterocycles. The van der Waals surface area contributed by atoms with Gasteiger partial charge in [-0.1, -0.05) is 0 Å². The average Bonchev–Trinajstić information content (AvgIpc) is 2.63. The Labute approximate surface area is 140 Å². The SMILES string of the molecule is CCN=CC(C=N)c1cc(C(=N)c2cc(OC)ccn2)c(N)cn1. The van der Waals surface area contributed by atoms with E-state index in [4.69, 9.17) is 21.3 Å². The molecule has 7 heteroatoms. The van der Waals surface area contributed by atoms with E-state index in [1.54, 1.807) is 37.7 Å². The molecule has 0 amide bonds. The number of aromatic nitrogens is 2. The molecule has 4 N–H and O–H groups in total. The average molecular weight is 324 g/mol. The third-order valence-electron chi connectivity index (χ3n) is 3.42. The molecule has 0 spiro atoms. The van der Waals surface area contributed by atoms with Crippen LogP contribution in [-0.4, -0.2) is 41.8 Å². The number of rotatable bonds is 7. The number of anilines is 1. The number of pyridine rings is 2. The van der Waals surface area contributed by atoms with E-state index in [1.165, 1.54) is 12.4 Å². The first-order chi connectivity index (χ1) is 11.6. The monoisotopic (exact) mass is 324 g/mol. The predicted molar refractivity (Wildman–Crippen MR) is 95.9 cm³/mol. The topological polar surface area (TPSA) is 121 Å². The molecule has 0 aliphatic heterocycles. The summed E-state index contributed by atoms with van der Waals surface area (Å²) >= 11 is 0. The smallest absolute Gasteiger partial charge is 0.122 e. The van der Waals surface area contributed by atoms with Crippen molar-refractivity contribution in [2.75, 3.05) is 19.4 Å². The summed E-state index contributed by atoms with van der Waals surface area (Å²) in [5, 5.41) is 16.0. The van der Waals surface area contributed by atoms with E-state index < -0.39 is 0 Å². The van der Waals surface area contributed by atoms with Crippen LogP contribution in [0.1, 0.15) is 29.8 Å². The van der Waals surface area contributed by atoms with E-state index in [0.717, 1.165) is 0 Å². The highest BCUT2D eigenvalue weighted by Gasteiger charge is 2.15. The van der Waals surface area contributed by atoms with Crippen molar-refractivity contribution < 1.29 is 4.74 Å². The lowest BCUT2D eigenvalue weighted by Gasteiger charge is -2.12. The van der Waals surface area contributed by atoms with Crippen LogP contribution >= 0.6 is 0 Å². The number of nitrogen functional groups attached to an aromatic ring is 1. The molecule has 24 heavy (non-hydrogen) atoms. The Morgan fingerprint density at radius 1 is 1.42 bits per heavy atom. The van der Waals surface area contributed by atoms with Crippen molar-refractivity contribution in [1.29, 1.82) is 10.8 Å². The Bertz CT molecular complexity index is 771. The first kappa shape index (κ1) is 17.3. The molecule has 0 saturated carbocycles. The van der Waals surface area contributed by atoms with E-state index in [1.807, 2.05) is 6.92 Å². The zero-order chi connectivity index (χ0) is 17.5. The summed E-state index contributed by atoms with van der Waals surface area (Å²) in [6, 6.07) is 5.09. The lowest BCUT2D eigenvalue weighted by Crippen LogP contribution is -2.12. The Hall–Kier alpha value is -3.09. The van der Waals surface area contributed by atoms with Gasteiger partial charge in [-0.3, -0.25) is 20.4 Å². The van der Waals surface area contributed by atoms with Gasteiger partial charge in [-0.25, -0.2) is 0 Å². The fourth-order valence-electron chi connectivity index (χ4n) is 2.12. The van der Waals surface area contributed by atoms with Gasteiger partial charge >= 0.3 is 0 Å². The van der Waals surface area contributed by atoms with Gasteiger partial charge in [0.15, 0.2) is 0 Å². The maximum Gasteiger partial charge on any atom is 0.122 e. The molecule has 0 fully saturated rings. The Balaban J connectivity index is 2.42. The largest absolute Gasteiger partial charge is 0.497 e. The van der Waals surface area contributed by atoms with Gasteiger partial charge in [-0.05, 0) is 19.1 Å². The molecule has 0 bridgehead atoms. The molecule has 2 aromatic rings. The number of hydrogen-bond acceptors (Lipinski definition) is 7. The number of nitrogens with zero attached hydrogens (tertiary/aromatic N) is 3. The van der Waals surface area contributed by atoms with E-state index >= 15 is 0 Å². The van der Waals surface area contributed by atoms with Crippen molar-refractivity contribution in [3.05, 3.63) is 47.5 Å². The van der Waals surface area contributed by atoms with Crippen LogP contribution in [0.4, 0.5) is 5.69 Å². The van der Waals surface area contributed by atoms with E-state index in [9.17, 15) is 0 Å². The maximum atomic E-state index is 8.40. The number of methoxy groups -OCH3 is 1. The fraction of sp³-hybridized carbons (Fsp3) is 0.235. The summed E-state index contributed by atoms with van der Waals surface area (Å²) < 4.78 is 5.17. The van der Waals surface area contributed by atoms with Gasteiger partial charge in [-0.2, -0.15) is 0 Å². The van der Waals surface area contributed by atoms with Gasteiger partial charge in [0.05, 0.1) is 42.0 Å². The van der Waals surface area contributed by atoms with Crippen LogP contribution in [0.2, 0.25) is 0 Å². The van der Waals surface area contributed by atoms with Crippen LogP contribution in [0.15, 0.2) is 35.6 Å². The fourth-order valence-corrected chi connectivity index (χ4v) is 2.12. The van der Waals surface area contributed by atoms with Crippen LogP contribution < -0.4 is 10.5 Å². The zero-order valence-corrected chi connectivity index (χ0v) is 13.7. The van der Waals surface area contributed by atoms with Crippen molar-refractivity contribution in [1.82, 2.24) is 9.97 Å². The predicted octanol–water partition coefficient (Wildman–Crippen LogP) is 2.31. The highest BCUT2D eigenvalue weighted by molar-refractivity contribution is 6.13. The van der Waals surface area contributed by atoms with Crippen molar-refractivity contribution >= 4 is 23.8 Å². The standard InChI is InChI=1S/C17H20N6O/c1-3-21-9-11(8-18)15-7-13(14(19)10-23-15)17(20)16-6-12(24-2)4-5-22-16/h4-11,18,20H,3,19H2,1-2H3. The van der Waals surface area contributed by atoms with Crippen molar-refractivity contribution in [2.45, 2.75) is 12.8 Å².